The van der Waals surface area contributed by atoms with Crippen LogP contribution in [-0.4, -0.2) is 30.4 Å². The van der Waals surface area contributed by atoms with Crippen LogP contribution in [0.1, 0.15) is 11.4 Å². The third kappa shape index (κ3) is 4.69. The molecule has 0 atom stereocenters. The summed E-state index contributed by atoms with van der Waals surface area (Å²) in [6.07, 6.45) is -9.15. The number of halogens is 6. The molecule has 0 amide bonds. The Morgan fingerprint density at radius 1 is 0.500 bits per heavy atom. The van der Waals surface area contributed by atoms with Crippen LogP contribution in [0.2, 0.25) is 0 Å². The summed E-state index contributed by atoms with van der Waals surface area (Å²) < 4.78 is 77.4. The topological polar surface area (TPSA) is 83.1 Å². The molecule has 0 spiro atoms. The SMILES string of the molecule is FC(F)(F)c1cc(-c2cccc(-c3cccc(-c4cccc(-c5cc(C(F)(F)F)n[nH]5)n4)c3)n2)[nH]n1. The lowest BCUT2D eigenvalue weighted by molar-refractivity contribution is -0.142. The van der Waals surface area contributed by atoms with Gasteiger partial charge >= 0.3 is 12.4 Å². The number of rotatable bonds is 4. The second-order valence-electron chi connectivity index (χ2n) is 7.73. The van der Waals surface area contributed by atoms with E-state index in [9.17, 15) is 26.3 Å². The monoisotopic (exact) mass is 500 g/mol. The van der Waals surface area contributed by atoms with E-state index in [1.807, 2.05) is 0 Å². The quantitative estimate of drug-likeness (QED) is 0.272. The molecule has 4 heterocycles. The fourth-order valence-corrected chi connectivity index (χ4v) is 3.53. The van der Waals surface area contributed by atoms with Crippen molar-refractivity contribution >= 4 is 0 Å². The zero-order chi connectivity index (χ0) is 25.5. The maximum atomic E-state index is 12.9. The molecule has 0 aliphatic carbocycles. The molecule has 5 aromatic rings. The molecule has 182 valence electrons. The fourth-order valence-electron chi connectivity index (χ4n) is 3.53. The van der Waals surface area contributed by atoms with Gasteiger partial charge in [0.1, 0.15) is 0 Å². The van der Waals surface area contributed by atoms with Gasteiger partial charge in [-0.05, 0) is 42.5 Å². The zero-order valence-electron chi connectivity index (χ0n) is 18.0. The minimum atomic E-state index is -4.58. The molecule has 0 bridgehead atoms. The van der Waals surface area contributed by atoms with E-state index >= 15 is 0 Å². The highest BCUT2D eigenvalue weighted by Crippen LogP contribution is 2.32. The molecular weight excluding hydrogens is 486 g/mol. The predicted octanol–water partition coefficient (Wildman–Crippen LogP) is 6.63. The van der Waals surface area contributed by atoms with Crippen LogP contribution in [0.4, 0.5) is 26.3 Å². The van der Waals surface area contributed by atoms with Crippen molar-refractivity contribution in [2.45, 2.75) is 12.4 Å². The standard InChI is InChI=1S/C24H14F6N6/c25-23(26,27)21-11-19(33-35-21)17-8-2-6-15(31-17)13-4-1-5-14(10-13)16-7-3-9-18(32-16)20-12-22(36-34-20)24(28,29)30/h1-12H,(H,33,35)(H,34,36). The highest BCUT2D eigenvalue weighted by Gasteiger charge is 2.35. The maximum absolute atomic E-state index is 12.9. The molecule has 36 heavy (non-hydrogen) atoms. The minimum absolute atomic E-state index is 0.118. The number of pyridine rings is 2. The predicted molar refractivity (Wildman–Crippen MR) is 118 cm³/mol. The van der Waals surface area contributed by atoms with Gasteiger partial charge in [0.25, 0.3) is 0 Å². The van der Waals surface area contributed by atoms with Crippen molar-refractivity contribution in [3.05, 3.63) is 84.2 Å². The Morgan fingerprint density at radius 3 is 1.28 bits per heavy atom. The van der Waals surface area contributed by atoms with Crippen LogP contribution in [0.3, 0.4) is 0 Å². The van der Waals surface area contributed by atoms with Crippen molar-refractivity contribution in [2.24, 2.45) is 0 Å². The smallest absolute Gasteiger partial charge is 0.276 e. The van der Waals surface area contributed by atoms with Gasteiger partial charge in [0, 0.05) is 11.1 Å². The van der Waals surface area contributed by atoms with Crippen LogP contribution in [0.25, 0.3) is 45.3 Å². The molecule has 2 N–H and O–H groups in total. The number of nitrogens with one attached hydrogen (secondary N) is 2. The van der Waals surface area contributed by atoms with Crippen molar-refractivity contribution in [2.75, 3.05) is 0 Å². The van der Waals surface area contributed by atoms with Gasteiger partial charge < -0.3 is 0 Å². The summed E-state index contributed by atoms with van der Waals surface area (Å²) in [5.41, 5.74) is 1.03. The Kier molecular flexibility index (Phi) is 5.58. The average molecular weight is 500 g/mol. The zero-order valence-corrected chi connectivity index (χ0v) is 18.0. The number of aromatic nitrogens is 6. The van der Waals surface area contributed by atoms with Crippen molar-refractivity contribution in [1.82, 2.24) is 30.4 Å². The number of hydrogen-bond acceptors (Lipinski definition) is 4. The number of benzene rings is 1. The van der Waals surface area contributed by atoms with E-state index in [1.54, 1.807) is 60.7 Å². The first-order valence-electron chi connectivity index (χ1n) is 10.4. The van der Waals surface area contributed by atoms with E-state index in [-0.39, 0.29) is 22.8 Å². The Balaban J connectivity index is 1.46. The van der Waals surface area contributed by atoms with Crippen molar-refractivity contribution in [3.63, 3.8) is 0 Å². The van der Waals surface area contributed by atoms with Crippen LogP contribution >= 0.6 is 0 Å². The first kappa shape index (κ1) is 23.3. The lowest BCUT2D eigenvalue weighted by Crippen LogP contribution is -2.04. The van der Waals surface area contributed by atoms with E-state index in [0.717, 1.165) is 12.1 Å². The summed E-state index contributed by atoms with van der Waals surface area (Å²) >= 11 is 0. The molecule has 6 nitrogen and oxygen atoms in total. The number of H-pyrrole nitrogens is 2. The highest BCUT2D eigenvalue weighted by molar-refractivity contribution is 5.72. The fraction of sp³-hybridized carbons (Fsp3) is 0.0833. The minimum Gasteiger partial charge on any atom is -0.276 e. The molecular formula is C24H14F6N6. The van der Waals surface area contributed by atoms with Crippen molar-refractivity contribution < 1.29 is 26.3 Å². The van der Waals surface area contributed by atoms with E-state index in [2.05, 4.69) is 30.4 Å². The average Bonchev–Trinajstić information content (AvgIpc) is 3.55. The van der Waals surface area contributed by atoms with Gasteiger partial charge in [0.15, 0.2) is 11.4 Å². The van der Waals surface area contributed by atoms with Crippen molar-refractivity contribution in [3.8, 4) is 45.3 Å². The van der Waals surface area contributed by atoms with Gasteiger partial charge in [0.05, 0.1) is 34.2 Å². The first-order valence-corrected chi connectivity index (χ1v) is 10.4. The summed E-state index contributed by atoms with van der Waals surface area (Å²) in [6.45, 7) is 0. The van der Waals surface area contributed by atoms with Crippen molar-refractivity contribution in [1.29, 1.82) is 0 Å². The number of nitrogens with zero attached hydrogens (tertiary/aromatic N) is 4. The lowest BCUT2D eigenvalue weighted by Gasteiger charge is -2.07. The van der Waals surface area contributed by atoms with Crippen LogP contribution in [-0.2, 0) is 12.4 Å². The summed E-state index contributed by atoms with van der Waals surface area (Å²) in [6, 6.07) is 18.7. The van der Waals surface area contributed by atoms with Gasteiger partial charge in [-0.25, -0.2) is 9.97 Å². The summed E-state index contributed by atoms with van der Waals surface area (Å²) in [5, 5.41) is 11.3. The Labute approximate surface area is 199 Å². The Morgan fingerprint density at radius 2 is 0.889 bits per heavy atom. The largest absolute Gasteiger partial charge is 0.435 e. The van der Waals surface area contributed by atoms with Crippen LogP contribution in [0, 0.1) is 0 Å². The summed E-state index contributed by atoms with van der Waals surface area (Å²) in [7, 11) is 0. The van der Waals surface area contributed by atoms with E-state index in [4.69, 9.17) is 0 Å². The molecule has 12 heteroatoms. The molecule has 0 fully saturated rings. The molecule has 0 saturated carbocycles. The van der Waals surface area contributed by atoms with Crippen LogP contribution in [0.5, 0.6) is 0 Å². The lowest BCUT2D eigenvalue weighted by atomic mass is 10.0. The molecule has 0 aliphatic rings. The molecule has 1 aromatic carbocycles. The Hall–Kier alpha value is -4.48. The Bertz CT molecular complexity index is 1420. The first-order chi connectivity index (χ1) is 17.1. The van der Waals surface area contributed by atoms with Crippen LogP contribution in [0.15, 0.2) is 72.8 Å². The van der Waals surface area contributed by atoms with Gasteiger partial charge in [-0.2, -0.15) is 36.5 Å². The summed E-state index contributed by atoms with van der Waals surface area (Å²) in [4.78, 5) is 8.91. The molecule has 0 aliphatic heterocycles. The molecule has 4 aromatic heterocycles. The second-order valence-corrected chi connectivity index (χ2v) is 7.73. The molecule has 0 unspecified atom stereocenters. The molecule has 0 radical (unpaired) electrons. The molecule has 0 saturated heterocycles. The normalized spacial score (nSPS) is 12.2. The van der Waals surface area contributed by atoms with Gasteiger partial charge in [-0.15, -0.1) is 0 Å². The van der Waals surface area contributed by atoms with Gasteiger partial charge in [0.2, 0.25) is 0 Å². The van der Waals surface area contributed by atoms with E-state index < -0.39 is 23.7 Å². The van der Waals surface area contributed by atoms with Gasteiger partial charge in [-0.1, -0.05) is 30.3 Å². The number of aromatic amines is 2. The molecule has 5 rings (SSSR count). The third-order valence-corrected chi connectivity index (χ3v) is 5.24. The number of alkyl halides is 6. The second kappa shape index (κ2) is 8.63. The highest BCUT2D eigenvalue weighted by atomic mass is 19.4. The van der Waals surface area contributed by atoms with Crippen LogP contribution < -0.4 is 0 Å². The van der Waals surface area contributed by atoms with E-state index in [1.165, 1.54) is 0 Å². The summed E-state index contributed by atoms with van der Waals surface area (Å²) in [5.74, 6) is 0. The maximum Gasteiger partial charge on any atom is 0.435 e. The third-order valence-electron chi connectivity index (χ3n) is 5.24. The van der Waals surface area contributed by atoms with E-state index in [0.29, 0.717) is 22.5 Å². The van der Waals surface area contributed by atoms with Gasteiger partial charge in [-0.3, -0.25) is 10.2 Å². The number of hydrogen-bond donors (Lipinski definition) is 2.